The number of imidazole rings is 1. The third kappa shape index (κ3) is 5.79. The molecule has 6 nitrogen and oxygen atoms in total. The molecule has 2 aromatic carbocycles. The fraction of sp³-hybridized carbons (Fsp3) is 0.357. The zero-order chi connectivity index (χ0) is 24.9. The van der Waals surface area contributed by atoms with E-state index in [1.807, 2.05) is 69.3 Å². The molecule has 1 aromatic heterocycles. The van der Waals surface area contributed by atoms with Gasteiger partial charge in [-0.1, -0.05) is 55.8 Å². The number of rotatable bonds is 8. The third-order valence-electron chi connectivity index (χ3n) is 5.37. The molecule has 3 rings (SSSR count). The van der Waals surface area contributed by atoms with E-state index in [4.69, 9.17) is 4.74 Å². The summed E-state index contributed by atoms with van der Waals surface area (Å²) in [6, 6.07) is 17.5. The lowest BCUT2D eigenvalue weighted by Crippen LogP contribution is -2.24. The van der Waals surface area contributed by atoms with Gasteiger partial charge in [0.15, 0.2) is 11.5 Å². The molecule has 176 valence electrons. The van der Waals surface area contributed by atoms with E-state index < -0.39 is 11.6 Å². The fourth-order valence-corrected chi connectivity index (χ4v) is 3.80. The maximum atomic E-state index is 13.1. The Balaban J connectivity index is 2.10. The van der Waals surface area contributed by atoms with Gasteiger partial charge in [-0.25, -0.2) is 9.78 Å². The molecule has 0 unspecified atom stereocenters. The SMILES string of the molecule is CCCCc1nc(C(C)=O)c(C#N)n1Cc1ccc(-c2ccccc2)c(C(=O)OC(C)(C)C)c1. The highest BCUT2D eigenvalue weighted by Crippen LogP contribution is 2.28. The highest BCUT2D eigenvalue weighted by Gasteiger charge is 2.23. The van der Waals surface area contributed by atoms with Crippen LogP contribution in [0, 0.1) is 11.3 Å². The summed E-state index contributed by atoms with van der Waals surface area (Å²) in [5.41, 5.74) is 2.79. The molecule has 0 N–H and O–H groups in total. The number of aryl methyl sites for hydroxylation is 1. The Bertz CT molecular complexity index is 1230. The van der Waals surface area contributed by atoms with Gasteiger partial charge >= 0.3 is 5.97 Å². The van der Waals surface area contributed by atoms with Crippen LogP contribution in [0.15, 0.2) is 48.5 Å². The summed E-state index contributed by atoms with van der Waals surface area (Å²) in [6.07, 6.45) is 2.54. The molecule has 34 heavy (non-hydrogen) atoms. The van der Waals surface area contributed by atoms with Crippen LogP contribution >= 0.6 is 0 Å². The van der Waals surface area contributed by atoms with Crippen molar-refractivity contribution in [3.63, 3.8) is 0 Å². The molecule has 0 saturated heterocycles. The van der Waals surface area contributed by atoms with Crippen LogP contribution in [0.4, 0.5) is 0 Å². The number of hydrogen-bond donors (Lipinski definition) is 0. The molecule has 3 aromatic rings. The van der Waals surface area contributed by atoms with Gasteiger partial charge in [0.2, 0.25) is 0 Å². The van der Waals surface area contributed by atoms with Gasteiger partial charge in [0.25, 0.3) is 0 Å². The molecule has 0 amide bonds. The van der Waals surface area contributed by atoms with Crippen molar-refractivity contribution >= 4 is 11.8 Å². The summed E-state index contributed by atoms with van der Waals surface area (Å²) in [5, 5.41) is 9.79. The molecule has 0 aliphatic rings. The lowest BCUT2D eigenvalue weighted by Gasteiger charge is -2.21. The summed E-state index contributed by atoms with van der Waals surface area (Å²) >= 11 is 0. The first-order valence-electron chi connectivity index (χ1n) is 11.6. The van der Waals surface area contributed by atoms with Crippen molar-refractivity contribution in [2.75, 3.05) is 0 Å². The second kappa shape index (κ2) is 10.5. The molecule has 1 heterocycles. The predicted octanol–water partition coefficient (Wildman–Crippen LogP) is 5.97. The molecule has 0 radical (unpaired) electrons. The quantitative estimate of drug-likeness (QED) is 0.307. The van der Waals surface area contributed by atoms with E-state index in [1.165, 1.54) is 6.92 Å². The minimum absolute atomic E-state index is 0.196. The highest BCUT2D eigenvalue weighted by molar-refractivity contribution is 5.98. The number of esters is 1. The Morgan fingerprint density at radius 1 is 1.12 bits per heavy atom. The van der Waals surface area contributed by atoms with Crippen molar-refractivity contribution in [1.29, 1.82) is 5.26 Å². The Labute approximate surface area is 201 Å². The number of hydrogen-bond acceptors (Lipinski definition) is 5. The van der Waals surface area contributed by atoms with E-state index in [0.717, 1.165) is 29.5 Å². The Morgan fingerprint density at radius 3 is 2.41 bits per heavy atom. The first kappa shape index (κ1) is 24.9. The number of carbonyl (C=O) groups excluding carboxylic acids is 2. The molecule has 0 bridgehead atoms. The Kier molecular flexibility index (Phi) is 7.68. The summed E-state index contributed by atoms with van der Waals surface area (Å²) in [5.74, 6) is 0.0615. The number of unbranched alkanes of at least 4 members (excludes halogenated alkanes) is 1. The molecule has 0 aliphatic carbocycles. The van der Waals surface area contributed by atoms with Crippen molar-refractivity contribution in [3.05, 3.63) is 76.9 Å². The topological polar surface area (TPSA) is 85.0 Å². The monoisotopic (exact) mass is 457 g/mol. The number of aromatic nitrogens is 2. The van der Waals surface area contributed by atoms with Crippen molar-refractivity contribution in [2.45, 2.75) is 66.0 Å². The average Bonchev–Trinajstić information content (AvgIpc) is 3.14. The summed E-state index contributed by atoms with van der Waals surface area (Å²) in [4.78, 5) is 29.7. The molecule has 0 saturated carbocycles. The van der Waals surface area contributed by atoms with Crippen LogP contribution in [0.3, 0.4) is 0 Å². The highest BCUT2D eigenvalue weighted by atomic mass is 16.6. The zero-order valence-corrected chi connectivity index (χ0v) is 20.5. The van der Waals surface area contributed by atoms with Gasteiger partial charge in [0.05, 0.1) is 12.1 Å². The van der Waals surface area contributed by atoms with E-state index in [1.54, 1.807) is 4.57 Å². The van der Waals surface area contributed by atoms with Crippen LogP contribution < -0.4 is 0 Å². The van der Waals surface area contributed by atoms with E-state index in [0.29, 0.717) is 24.4 Å². The smallest absolute Gasteiger partial charge is 0.339 e. The minimum atomic E-state index is -0.636. The first-order chi connectivity index (χ1) is 16.1. The number of nitriles is 1. The number of ether oxygens (including phenoxy) is 1. The number of carbonyl (C=O) groups is 2. The second-order valence-electron chi connectivity index (χ2n) is 9.33. The number of benzene rings is 2. The fourth-order valence-electron chi connectivity index (χ4n) is 3.80. The predicted molar refractivity (Wildman–Crippen MR) is 132 cm³/mol. The third-order valence-corrected chi connectivity index (χ3v) is 5.37. The van der Waals surface area contributed by atoms with Crippen LogP contribution in [-0.2, 0) is 17.7 Å². The standard InChI is InChI=1S/C28H31N3O3/c1-6-7-13-25-30-26(19(2)32)24(17-29)31(25)18-20-14-15-22(21-11-9-8-10-12-21)23(16-20)27(33)34-28(3,4)5/h8-12,14-16H,6-7,13,18H2,1-5H3. The molecular formula is C28H31N3O3. The van der Waals surface area contributed by atoms with Crippen molar-refractivity contribution in [2.24, 2.45) is 0 Å². The van der Waals surface area contributed by atoms with Crippen molar-refractivity contribution in [3.8, 4) is 17.2 Å². The number of nitrogens with zero attached hydrogens (tertiary/aromatic N) is 3. The van der Waals surface area contributed by atoms with Crippen molar-refractivity contribution in [1.82, 2.24) is 9.55 Å². The summed E-state index contributed by atoms with van der Waals surface area (Å²) < 4.78 is 7.49. The number of ketones is 1. The Hall–Kier alpha value is -3.72. The van der Waals surface area contributed by atoms with E-state index in [9.17, 15) is 14.9 Å². The molecule has 0 aliphatic heterocycles. The van der Waals surface area contributed by atoms with E-state index in [2.05, 4.69) is 18.0 Å². The molecule has 0 spiro atoms. The first-order valence-corrected chi connectivity index (χ1v) is 11.6. The van der Waals surface area contributed by atoms with Gasteiger partial charge in [-0.15, -0.1) is 0 Å². The van der Waals surface area contributed by atoms with Gasteiger partial charge in [0, 0.05) is 13.3 Å². The summed E-state index contributed by atoms with van der Waals surface area (Å²) in [6.45, 7) is 9.35. The summed E-state index contributed by atoms with van der Waals surface area (Å²) in [7, 11) is 0. The largest absolute Gasteiger partial charge is 0.456 e. The normalized spacial score (nSPS) is 11.2. The molecule has 0 atom stereocenters. The minimum Gasteiger partial charge on any atom is -0.456 e. The molecule has 6 heteroatoms. The van der Waals surface area contributed by atoms with Crippen LogP contribution in [-0.4, -0.2) is 26.9 Å². The van der Waals surface area contributed by atoms with Crippen LogP contribution in [0.5, 0.6) is 0 Å². The van der Waals surface area contributed by atoms with Crippen LogP contribution in [0.25, 0.3) is 11.1 Å². The van der Waals surface area contributed by atoms with E-state index in [-0.39, 0.29) is 17.2 Å². The lowest BCUT2D eigenvalue weighted by molar-refractivity contribution is 0.00702. The van der Waals surface area contributed by atoms with Crippen molar-refractivity contribution < 1.29 is 14.3 Å². The second-order valence-corrected chi connectivity index (χ2v) is 9.33. The number of Topliss-reactive ketones (excluding diaryl/α,β-unsaturated/α-hetero) is 1. The average molecular weight is 458 g/mol. The van der Waals surface area contributed by atoms with Gasteiger partial charge in [-0.3, -0.25) is 4.79 Å². The Morgan fingerprint density at radius 2 is 1.82 bits per heavy atom. The molecular weight excluding hydrogens is 426 g/mol. The maximum absolute atomic E-state index is 13.1. The lowest BCUT2D eigenvalue weighted by atomic mass is 9.97. The maximum Gasteiger partial charge on any atom is 0.339 e. The van der Waals surface area contributed by atoms with Crippen LogP contribution in [0.1, 0.15) is 85.4 Å². The van der Waals surface area contributed by atoms with Gasteiger partial charge in [-0.05, 0) is 49.9 Å². The van der Waals surface area contributed by atoms with Crippen LogP contribution in [0.2, 0.25) is 0 Å². The zero-order valence-electron chi connectivity index (χ0n) is 20.5. The van der Waals surface area contributed by atoms with E-state index >= 15 is 0 Å². The van der Waals surface area contributed by atoms with Gasteiger partial charge in [-0.2, -0.15) is 5.26 Å². The van der Waals surface area contributed by atoms with Gasteiger partial charge in [0.1, 0.15) is 23.2 Å². The van der Waals surface area contributed by atoms with Gasteiger partial charge < -0.3 is 9.30 Å². The molecule has 0 fully saturated rings.